The van der Waals surface area contributed by atoms with Crippen molar-refractivity contribution in [2.24, 2.45) is 0 Å². The molecule has 0 amide bonds. The van der Waals surface area contributed by atoms with Crippen molar-refractivity contribution in [1.82, 2.24) is 4.98 Å². The number of nitrogen functional groups attached to an aromatic ring is 1. The van der Waals surface area contributed by atoms with Crippen LogP contribution in [0.3, 0.4) is 0 Å². The van der Waals surface area contributed by atoms with Crippen molar-refractivity contribution in [3.8, 4) is 11.1 Å². The summed E-state index contributed by atoms with van der Waals surface area (Å²) >= 11 is 0. The average molecular weight is 268 g/mol. The first kappa shape index (κ1) is 12.8. The minimum absolute atomic E-state index is 0.791. The molecular weight excluding hydrogens is 248 g/mol. The Labute approximate surface area is 119 Å². The lowest BCUT2D eigenvalue weighted by Gasteiger charge is -2.32. The van der Waals surface area contributed by atoms with E-state index in [9.17, 15) is 0 Å². The Morgan fingerprint density at radius 1 is 1.20 bits per heavy atom. The second-order valence-electron chi connectivity index (χ2n) is 5.26. The molecule has 0 unspecified atom stereocenters. The molecule has 0 spiro atoms. The maximum atomic E-state index is 5.93. The molecule has 4 nitrogen and oxygen atoms in total. The first-order valence-corrected chi connectivity index (χ1v) is 6.98. The molecule has 1 aromatic heterocycles. The van der Waals surface area contributed by atoms with Crippen molar-refractivity contribution >= 4 is 17.3 Å². The smallest absolute Gasteiger partial charge is 0.131 e. The second-order valence-corrected chi connectivity index (χ2v) is 5.26. The molecule has 104 valence electrons. The highest BCUT2D eigenvalue weighted by molar-refractivity contribution is 5.75. The zero-order chi connectivity index (χ0) is 14.1. The van der Waals surface area contributed by atoms with E-state index in [1.54, 1.807) is 0 Å². The van der Waals surface area contributed by atoms with Gasteiger partial charge in [-0.05, 0) is 54.3 Å². The first-order chi connectivity index (χ1) is 9.67. The van der Waals surface area contributed by atoms with Crippen molar-refractivity contribution in [3.05, 3.63) is 35.9 Å². The largest absolute Gasteiger partial charge is 0.399 e. The van der Waals surface area contributed by atoms with Crippen molar-refractivity contribution in [1.29, 1.82) is 0 Å². The third-order valence-corrected chi connectivity index (χ3v) is 3.82. The van der Waals surface area contributed by atoms with E-state index in [0.29, 0.717) is 0 Å². The van der Waals surface area contributed by atoms with Crippen molar-refractivity contribution in [3.63, 3.8) is 0 Å². The number of hydrogen-bond acceptors (Lipinski definition) is 4. The van der Waals surface area contributed by atoms with Gasteiger partial charge in [0, 0.05) is 25.8 Å². The molecule has 1 aromatic carbocycles. The van der Waals surface area contributed by atoms with Crippen LogP contribution < -0.4 is 16.0 Å². The molecule has 2 aromatic rings. The standard InChI is InChI=1S/C16H20N4/c1-11-4-5-13(17)10-14(11)12-8-15(18-2)19-16(9-12)20-6-3-7-20/h4-5,8-10H,3,6-7,17H2,1-2H3,(H,18,19). The lowest BCUT2D eigenvalue weighted by atomic mass is 10.00. The van der Waals surface area contributed by atoms with Crippen LogP contribution in [-0.2, 0) is 0 Å². The number of nitrogens with one attached hydrogen (secondary N) is 1. The highest BCUT2D eigenvalue weighted by Crippen LogP contribution is 2.31. The third kappa shape index (κ3) is 2.29. The summed E-state index contributed by atoms with van der Waals surface area (Å²) in [6, 6.07) is 10.3. The van der Waals surface area contributed by atoms with Crippen LogP contribution in [0.2, 0.25) is 0 Å². The summed E-state index contributed by atoms with van der Waals surface area (Å²) < 4.78 is 0. The zero-order valence-electron chi connectivity index (χ0n) is 12.0. The molecule has 4 heteroatoms. The van der Waals surface area contributed by atoms with E-state index in [0.717, 1.165) is 36.0 Å². The Hall–Kier alpha value is -2.23. The number of pyridine rings is 1. The Bertz CT molecular complexity index is 632. The van der Waals surface area contributed by atoms with Gasteiger partial charge in [0.05, 0.1) is 0 Å². The van der Waals surface area contributed by atoms with Gasteiger partial charge in [0.1, 0.15) is 11.6 Å². The maximum Gasteiger partial charge on any atom is 0.131 e. The van der Waals surface area contributed by atoms with Crippen LogP contribution in [0.1, 0.15) is 12.0 Å². The van der Waals surface area contributed by atoms with E-state index in [1.807, 2.05) is 19.2 Å². The van der Waals surface area contributed by atoms with Crippen molar-refractivity contribution in [2.45, 2.75) is 13.3 Å². The molecule has 0 atom stereocenters. The summed E-state index contributed by atoms with van der Waals surface area (Å²) in [6.07, 6.45) is 1.25. The molecule has 2 heterocycles. The minimum atomic E-state index is 0.791. The molecule has 1 fully saturated rings. The summed E-state index contributed by atoms with van der Waals surface area (Å²) in [5.74, 6) is 1.94. The van der Waals surface area contributed by atoms with Crippen LogP contribution in [0.25, 0.3) is 11.1 Å². The third-order valence-electron chi connectivity index (χ3n) is 3.82. The van der Waals surface area contributed by atoms with E-state index in [2.05, 4.69) is 40.3 Å². The van der Waals surface area contributed by atoms with Gasteiger partial charge in [-0.2, -0.15) is 0 Å². The second kappa shape index (κ2) is 5.04. The van der Waals surface area contributed by atoms with Gasteiger partial charge in [0.25, 0.3) is 0 Å². The normalized spacial score (nSPS) is 14.0. The van der Waals surface area contributed by atoms with Crippen molar-refractivity contribution in [2.75, 3.05) is 36.1 Å². The molecule has 0 bridgehead atoms. The molecule has 3 N–H and O–H groups in total. The predicted molar refractivity (Wildman–Crippen MR) is 85.2 cm³/mol. The number of benzene rings is 1. The lowest BCUT2D eigenvalue weighted by molar-refractivity contribution is 0.610. The molecule has 0 aliphatic carbocycles. The average Bonchev–Trinajstić information content (AvgIpc) is 2.39. The van der Waals surface area contributed by atoms with Crippen LogP contribution in [0.15, 0.2) is 30.3 Å². The number of hydrogen-bond donors (Lipinski definition) is 2. The van der Waals surface area contributed by atoms with Gasteiger partial charge in [-0.15, -0.1) is 0 Å². The number of anilines is 3. The number of nitrogens with two attached hydrogens (primary N) is 1. The highest BCUT2D eigenvalue weighted by atomic mass is 15.2. The van der Waals surface area contributed by atoms with Gasteiger partial charge in [0.2, 0.25) is 0 Å². The fraction of sp³-hybridized carbons (Fsp3) is 0.312. The topological polar surface area (TPSA) is 54.2 Å². The van der Waals surface area contributed by atoms with Crippen LogP contribution in [0.5, 0.6) is 0 Å². The Morgan fingerprint density at radius 3 is 2.65 bits per heavy atom. The van der Waals surface area contributed by atoms with E-state index < -0.39 is 0 Å². The van der Waals surface area contributed by atoms with E-state index in [1.165, 1.54) is 17.5 Å². The number of rotatable bonds is 3. The lowest BCUT2D eigenvalue weighted by Crippen LogP contribution is -2.37. The Morgan fingerprint density at radius 2 is 2.00 bits per heavy atom. The summed E-state index contributed by atoms with van der Waals surface area (Å²) in [5, 5.41) is 3.15. The van der Waals surface area contributed by atoms with Gasteiger partial charge < -0.3 is 16.0 Å². The molecule has 1 saturated heterocycles. The van der Waals surface area contributed by atoms with Gasteiger partial charge in [-0.1, -0.05) is 6.07 Å². The number of aryl methyl sites for hydroxylation is 1. The molecule has 20 heavy (non-hydrogen) atoms. The zero-order valence-corrected chi connectivity index (χ0v) is 12.0. The van der Waals surface area contributed by atoms with Gasteiger partial charge in [0.15, 0.2) is 0 Å². The summed E-state index contributed by atoms with van der Waals surface area (Å²) in [4.78, 5) is 6.93. The van der Waals surface area contributed by atoms with E-state index in [4.69, 9.17) is 5.73 Å². The van der Waals surface area contributed by atoms with Crippen LogP contribution in [-0.4, -0.2) is 25.1 Å². The van der Waals surface area contributed by atoms with Crippen LogP contribution >= 0.6 is 0 Å². The fourth-order valence-electron chi connectivity index (χ4n) is 2.46. The summed E-state index contributed by atoms with van der Waals surface area (Å²) in [7, 11) is 1.90. The number of aromatic nitrogens is 1. The number of nitrogens with zero attached hydrogens (tertiary/aromatic N) is 2. The maximum absolute atomic E-state index is 5.93. The molecular formula is C16H20N4. The van der Waals surface area contributed by atoms with E-state index in [-0.39, 0.29) is 0 Å². The monoisotopic (exact) mass is 268 g/mol. The molecule has 1 aliphatic heterocycles. The van der Waals surface area contributed by atoms with Crippen LogP contribution in [0, 0.1) is 6.92 Å². The summed E-state index contributed by atoms with van der Waals surface area (Å²) in [5.41, 5.74) is 10.3. The molecule has 3 rings (SSSR count). The molecule has 0 saturated carbocycles. The van der Waals surface area contributed by atoms with Gasteiger partial charge in [-0.3, -0.25) is 0 Å². The predicted octanol–water partition coefficient (Wildman–Crippen LogP) is 2.89. The fourth-order valence-corrected chi connectivity index (χ4v) is 2.46. The van der Waals surface area contributed by atoms with Crippen LogP contribution in [0.4, 0.5) is 17.3 Å². The van der Waals surface area contributed by atoms with Gasteiger partial charge >= 0.3 is 0 Å². The quantitative estimate of drug-likeness (QED) is 0.840. The van der Waals surface area contributed by atoms with E-state index >= 15 is 0 Å². The molecule has 1 aliphatic rings. The van der Waals surface area contributed by atoms with Gasteiger partial charge in [-0.25, -0.2) is 4.98 Å². The first-order valence-electron chi connectivity index (χ1n) is 6.98. The summed E-state index contributed by atoms with van der Waals surface area (Å²) in [6.45, 7) is 4.29. The minimum Gasteiger partial charge on any atom is -0.399 e. The Balaban J connectivity index is 2.09. The highest BCUT2D eigenvalue weighted by Gasteiger charge is 2.17. The Kier molecular flexibility index (Phi) is 3.22. The SMILES string of the molecule is CNc1cc(-c2cc(N)ccc2C)cc(N2CCC2)n1. The van der Waals surface area contributed by atoms with Crippen molar-refractivity contribution < 1.29 is 0 Å². The molecule has 0 radical (unpaired) electrons.